The number of benzene rings is 2. The first-order valence-electron chi connectivity index (χ1n) is 8.03. The van der Waals surface area contributed by atoms with Crippen molar-refractivity contribution in [1.29, 1.82) is 0 Å². The summed E-state index contributed by atoms with van der Waals surface area (Å²) in [6, 6.07) is 11.8. The highest BCUT2D eigenvalue weighted by Gasteiger charge is 2.12. The fourth-order valence-electron chi connectivity index (χ4n) is 2.60. The summed E-state index contributed by atoms with van der Waals surface area (Å²) in [6.45, 7) is 0.641. The molecular formula is C18H21NO6. The molecule has 0 aliphatic rings. The van der Waals surface area contributed by atoms with Crippen LogP contribution in [0.15, 0.2) is 36.4 Å². The third-order valence-electron chi connectivity index (χ3n) is 3.76. The van der Waals surface area contributed by atoms with E-state index in [4.69, 9.17) is 9.47 Å². The van der Waals surface area contributed by atoms with E-state index in [1.165, 1.54) is 0 Å². The maximum atomic E-state index is 12.0. The molecule has 0 radical (unpaired) electrons. The van der Waals surface area contributed by atoms with Gasteiger partial charge in [-0.2, -0.15) is 0 Å². The number of fused-ring (bicyclic) bond motifs is 1. The number of hydrogen-bond acceptors (Lipinski definition) is 6. The molecule has 0 N–H and O–H groups in total. The van der Waals surface area contributed by atoms with Crippen molar-refractivity contribution in [2.75, 3.05) is 20.3 Å². The molecule has 0 amide bonds. The van der Waals surface area contributed by atoms with Crippen LogP contribution in [0, 0.1) is 10.1 Å². The Morgan fingerprint density at radius 1 is 1.12 bits per heavy atom. The first-order valence-corrected chi connectivity index (χ1v) is 8.03. The van der Waals surface area contributed by atoms with Gasteiger partial charge < -0.3 is 14.3 Å². The molecule has 0 heterocycles. The van der Waals surface area contributed by atoms with E-state index >= 15 is 0 Å². The summed E-state index contributed by atoms with van der Waals surface area (Å²) in [5.74, 6) is -0.331. The normalized spacial score (nSPS) is 10.6. The fraction of sp³-hybridized carbons (Fsp3) is 0.389. The second-order valence-corrected chi connectivity index (χ2v) is 5.52. The number of rotatable bonds is 10. The second-order valence-electron chi connectivity index (χ2n) is 5.52. The van der Waals surface area contributed by atoms with E-state index in [-0.39, 0.29) is 25.6 Å². The molecule has 2 aromatic carbocycles. The third-order valence-corrected chi connectivity index (χ3v) is 3.76. The Hall–Kier alpha value is -2.67. The van der Waals surface area contributed by atoms with Crippen molar-refractivity contribution in [3.63, 3.8) is 0 Å². The Labute approximate surface area is 145 Å². The molecule has 0 aromatic heterocycles. The van der Waals surface area contributed by atoms with Gasteiger partial charge in [0.2, 0.25) is 0 Å². The van der Waals surface area contributed by atoms with Crippen LogP contribution in [0.3, 0.4) is 0 Å². The van der Waals surface area contributed by atoms with Crippen molar-refractivity contribution < 1.29 is 24.2 Å². The van der Waals surface area contributed by atoms with E-state index in [9.17, 15) is 14.9 Å². The van der Waals surface area contributed by atoms with Crippen LogP contribution in [0.2, 0.25) is 0 Å². The number of methoxy groups -OCH3 is 1. The SMILES string of the molecule is COCc1c(CC(=O)OCCCCO[N+](=O)[O-])ccc2ccccc12. The number of ether oxygens (including phenoxy) is 2. The van der Waals surface area contributed by atoms with Gasteiger partial charge in [0, 0.05) is 7.11 Å². The minimum absolute atomic E-state index is 0.00715. The van der Waals surface area contributed by atoms with Gasteiger partial charge >= 0.3 is 5.97 Å². The second kappa shape index (κ2) is 9.58. The predicted octanol–water partition coefficient (Wildman–Crippen LogP) is 3.06. The topological polar surface area (TPSA) is 87.9 Å². The zero-order chi connectivity index (χ0) is 18.1. The van der Waals surface area contributed by atoms with Crippen molar-refractivity contribution in [3.8, 4) is 0 Å². The van der Waals surface area contributed by atoms with Gasteiger partial charge in [-0.05, 0) is 34.7 Å². The van der Waals surface area contributed by atoms with Gasteiger partial charge in [0.25, 0.3) is 5.09 Å². The Bertz CT molecular complexity index is 731. The van der Waals surface area contributed by atoms with Crippen LogP contribution < -0.4 is 0 Å². The van der Waals surface area contributed by atoms with Crippen LogP contribution in [-0.4, -0.2) is 31.4 Å². The van der Waals surface area contributed by atoms with Crippen LogP contribution in [-0.2, 0) is 32.1 Å². The quantitative estimate of drug-likeness (QED) is 0.284. The molecule has 7 nitrogen and oxygen atoms in total. The van der Waals surface area contributed by atoms with Crippen LogP contribution >= 0.6 is 0 Å². The van der Waals surface area contributed by atoms with Gasteiger partial charge in [0.15, 0.2) is 0 Å². The van der Waals surface area contributed by atoms with E-state index < -0.39 is 5.09 Å². The summed E-state index contributed by atoms with van der Waals surface area (Å²) < 4.78 is 10.5. The van der Waals surface area contributed by atoms with E-state index in [0.717, 1.165) is 21.9 Å². The Morgan fingerprint density at radius 3 is 2.64 bits per heavy atom. The number of carbonyl (C=O) groups is 1. The summed E-state index contributed by atoms with van der Waals surface area (Å²) >= 11 is 0. The number of hydrogen-bond donors (Lipinski definition) is 0. The minimum Gasteiger partial charge on any atom is -0.465 e. The zero-order valence-corrected chi connectivity index (χ0v) is 14.1. The molecule has 2 rings (SSSR count). The standard InChI is InChI=1S/C18H21NO6/c1-23-13-17-15(9-8-14-6-2-3-7-16(14)17)12-18(20)24-10-4-5-11-25-19(21)22/h2-3,6-9H,4-5,10-13H2,1H3. The minimum atomic E-state index is -0.830. The van der Waals surface area contributed by atoms with Crippen LogP contribution in [0.4, 0.5) is 0 Å². The summed E-state index contributed by atoms with van der Waals surface area (Å²) in [4.78, 5) is 26.2. The molecule has 0 aliphatic carbocycles. The molecule has 0 unspecified atom stereocenters. The average molecular weight is 347 g/mol. The highest BCUT2D eigenvalue weighted by Crippen LogP contribution is 2.24. The van der Waals surface area contributed by atoms with Crippen molar-refractivity contribution in [2.45, 2.75) is 25.9 Å². The third kappa shape index (κ3) is 5.72. The van der Waals surface area contributed by atoms with Gasteiger partial charge in [-0.3, -0.25) is 4.79 Å². The monoisotopic (exact) mass is 347 g/mol. The van der Waals surface area contributed by atoms with Crippen molar-refractivity contribution in [2.24, 2.45) is 0 Å². The molecule has 25 heavy (non-hydrogen) atoms. The molecule has 2 aromatic rings. The smallest absolute Gasteiger partial charge is 0.310 e. The number of carbonyl (C=O) groups excluding carboxylic acids is 1. The first-order chi connectivity index (χ1) is 12.1. The summed E-state index contributed by atoms with van der Waals surface area (Å²) in [5.41, 5.74) is 1.86. The van der Waals surface area contributed by atoms with Crippen LogP contribution in [0.5, 0.6) is 0 Å². The van der Waals surface area contributed by atoms with Gasteiger partial charge in [-0.1, -0.05) is 36.4 Å². The van der Waals surface area contributed by atoms with E-state index in [1.54, 1.807) is 7.11 Å². The first kappa shape index (κ1) is 18.7. The predicted molar refractivity (Wildman–Crippen MR) is 91.5 cm³/mol. The van der Waals surface area contributed by atoms with Gasteiger partial charge in [0.05, 0.1) is 26.2 Å². The largest absolute Gasteiger partial charge is 0.465 e. The summed E-state index contributed by atoms with van der Waals surface area (Å²) in [7, 11) is 1.62. The lowest BCUT2D eigenvalue weighted by Crippen LogP contribution is -2.12. The average Bonchev–Trinajstić information content (AvgIpc) is 2.60. The highest BCUT2D eigenvalue weighted by molar-refractivity contribution is 5.88. The lowest BCUT2D eigenvalue weighted by molar-refractivity contribution is -0.757. The molecule has 0 aliphatic heterocycles. The van der Waals surface area contributed by atoms with E-state index in [2.05, 4.69) is 4.84 Å². The maximum Gasteiger partial charge on any atom is 0.310 e. The Morgan fingerprint density at radius 2 is 1.88 bits per heavy atom. The molecule has 7 heteroatoms. The highest BCUT2D eigenvalue weighted by atomic mass is 16.9. The summed E-state index contributed by atoms with van der Waals surface area (Å²) in [6.07, 6.45) is 1.14. The number of esters is 1. The maximum absolute atomic E-state index is 12.0. The van der Waals surface area contributed by atoms with Gasteiger partial charge in [-0.25, -0.2) is 0 Å². The summed E-state index contributed by atoms with van der Waals surface area (Å²) in [5, 5.41) is 11.3. The lowest BCUT2D eigenvalue weighted by atomic mass is 9.97. The number of unbranched alkanes of at least 4 members (excludes halogenated alkanes) is 1. The van der Waals surface area contributed by atoms with Gasteiger partial charge in [-0.15, -0.1) is 10.1 Å². The molecule has 0 spiro atoms. The molecule has 0 atom stereocenters. The van der Waals surface area contributed by atoms with Crippen molar-refractivity contribution in [3.05, 3.63) is 57.6 Å². The number of nitrogens with zero attached hydrogens (tertiary/aromatic N) is 1. The van der Waals surface area contributed by atoms with E-state index in [0.29, 0.717) is 19.4 Å². The molecule has 0 fully saturated rings. The Kier molecular flexibility index (Phi) is 7.16. The lowest BCUT2D eigenvalue weighted by Gasteiger charge is -2.12. The van der Waals surface area contributed by atoms with Gasteiger partial charge in [0.1, 0.15) is 0 Å². The van der Waals surface area contributed by atoms with Crippen LogP contribution in [0.1, 0.15) is 24.0 Å². The molecule has 134 valence electrons. The van der Waals surface area contributed by atoms with Crippen molar-refractivity contribution in [1.82, 2.24) is 0 Å². The van der Waals surface area contributed by atoms with Crippen molar-refractivity contribution >= 4 is 16.7 Å². The fourth-order valence-corrected chi connectivity index (χ4v) is 2.60. The molecule has 0 saturated carbocycles. The zero-order valence-electron chi connectivity index (χ0n) is 14.1. The molecular weight excluding hydrogens is 326 g/mol. The van der Waals surface area contributed by atoms with Crippen LogP contribution in [0.25, 0.3) is 10.8 Å². The van der Waals surface area contributed by atoms with E-state index in [1.807, 2.05) is 36.4 Å². The molecule has 0 bridgehead atoms. The Balaban J connectivity index is 1.91. The molecule has 0 saturated heterocycles.